The Hall–Kier alpha value is -2.65. The van der Waals surface area contributed by atoms with Crippen molar-refractivity contribution in [3.63, 3.8) is 0 Å². The molecule has 0 aliphatic carbocycles. The van der Waals surface area contributed by atoms with Crippen molar-refractivity contribution in [3.05, 3.63) is 42.0 Å². The van der Waals surface area contributed by atoms with E-state index in [0.29, 0.717) is 11.7 Å². The number of rotatable bonds is 6. The first-order valence-electron chi connectivity index (χ1n) is 9.31. The lowest BCUT2D eigenvalue weighted by Crippen LogP contribution is -2.47. The number of ether oxygens (including phenoxy) is 1. The van der Waals surface area contributed by atoms with Gasteiger partial charge in [-0.2, -0.15) is 9.36 Å². The fourth-order valence-corrected chi connectivity index (χ4v) is 3.92. The van der Waals surface area contributed by atoms with Gasteiger partial charge in [-0.15, -0.1) is 0 Å². The van der Waals surface area contributed by atoms with Gasteiger partial charge in [-0.05, 0) is 31.0 Å². The highest BCUT2D eigenvalue weighted by molar-refractivity contribution is 7.09. The molecule has 4 heterocycles. The van der Waals surface area contributed by atoms with E-state index in [-0.39, 0.29) is 0 Å². The van der Waals surface area contributed by atoms with Crippen LogP contribution in [0.1, 0.15) is 11.4 Å². The summed E-state index contributed by atoms with van der Waals surface area (Å²) in [5.41, 5.74) is 2.03. The third-order valence-electron chi connectivity index (χ3n) is 4.79. The lowest BCUT2D eigenvalue weighted by Gasteiger charge is -2.34. The van der Waals surface area contributed by atoms with E-state index in [1.807, 2.05) is 19.1 Å². The third kappa shape index (κ3) is 4.42. The number of nitrogens with zero attached hydrogens (tertiary/aromatic N) is 7. The molecule has 1 aliphatic rings. The topological polar surface area (TPSA) is 80.2 Å². The van der Waals surface area contributed by atoms with Crippen molar-refractivity contribution in [1.82, 2.24) is 29.2 Å². The molecular weight excluding hydrogens is 374 g/mol. The molecule has 0 amide bonds. The second kappa shape index (κ2) is 8.57. The molecule has 146 valence electrons. The number of anilines is 1. The average molecular weight is 398 g/mol. The Kier molecular flexibility index (Phi) is 5.73. The molecule has 0 bridgehead atoms. The van der Waals surface area contributed by atoms with Gasteiger partial charge in [0.15, 0.2) is 5.82 Å². The van der Waals surface area contributed by atoms with Gasteiger partial charge in [0.05, 0.1) is 7.11 Å². The van der Waals surface area contributed by atoms with Gasteiger partial charge < -0.3 is 9.64 Å². The van der Waals surface area contributed by atoms with Gasteiger partial charge in [0.1, 0.15) is 11.5 Å². The average Bonchev–Trinajstić information content (AvgIpc) is 3.23. The molecule has 9 heteroatoms. The van der Waals surface area contributed by atoms with Crippen LogP contribution in [0.2, 0.25) is 0 Å². The van der Waals surface area contributed by atoms with Crippen molar-refractivity contribution in [2.75, 3.05) is 44.7 Å². The number of aromatic nitrogens is 5. The van der Waals surface area contributed by atoms with Crippen molar-refractivity contribution in [2.24, 2.45) is 0 Å². The first kappa shape index (κ1) is 18.7. The highest BCUT2D eigenvalue weighted by Crippen LogP contribution is 2.23. The summed E-state index contributed by atoms with van der Waals surface area (Å²) < 4.78 is 9.68. The zero-order valence-corrected chi connectivity index (χ0v) is 16.9. The molecule has 1 saturated heterocycles. The second-order valence-corrected chi connectivity index (χ2v) is 7.41. The van der Waals surface area contributed by atoms with Crippen LogP contribution in [0.4, 0.5) is 5.13 Å². The maximum Gasteiger partial charge on any atom is 0.213 e. The van der Waals surface area contributed by atoms with Crippen LogP contribution in [0.15, 0.2) is 30.6 Å². The van der Waals surface area contributed by atoms with E-state index < -0.39 is 0 Å². The quantitative estimate of drug-likeness (QED) is 0.625. The molecule has 0 N–H and O–H groups in total. The summed E-state index contributed by atoms with van der Waals surface area (Å²) in [4.78, 5) is 22.2. The summed E-state index contributed by atoms with van der Waals surface area (Å²) in [5, 5.41) is 0.963. The summed E-state index contributed by atoms with van der Waals surface area (Å²) >= 11 is 1.44. The van der Waals surface area contributed by atoms with E-state index in [1.54, 1.807) is 19.5 Å². The maximum absolute atomic E-state index is 5.20. The Morgan fingerprint density at radius 3 is 2.68 bits per heavy atom. The Bertz CT molecular complexity index is 924. The van der Waals surface area contributed by atoms with Gasteiger partial charge in [0.25, 0.3) is 0 Å². The normalized spacial score (nSPS) is 15.0. The summed E-state index contributed by atoms with van der Waals surface area (Å²) in [6.07, 6.45) is 4.54. The van der Waals surface area contributed by atoms with E-state index in [2.05, 4.69) is 40.2 Å². The minimum atomic E-state index is 0.674. The zero-order chi connectivity index (χ0) is 19.3. The van der Waals surface area contributed by atoms with Crippen LogP contribution in [0.25, 0.3) is 11.5 Å². The largest absolute Gasteiger partial charge is 0.481 e. The predicted molar refractivity (Wildman–Crippen MR) is 109 cm³/mol. The van der Waals surface area contributed by atoms with Gasteiger partial charge in [-0.25, -0.2) is 15.0 Å². The highest BCUT2D eigenvalue weighted by Gasteiger charge is 2.20. The van der Waals surface area contributed by atoms with Crippen LogP contribution in [0.3, 0.4) is 0 Å². The maximum atomic E-state index is 5.20. The molecular formula is C19H23N7OS. The van der Waals surface area contributed by atoms with Crippen LogP contribution in [-0.4, -0.2) is 69.0 Å². The predicted octanol–water partition coefficient (Wildman–Crippen LogP) is 2.07. The first-order valence-corrected chi connectivity index (χ1v) is 10.1. The van der Waals surface area contributed by atoms with E-state index in [9.17, 15) is 0 Å². The van der Waals surface area contributed by atoms with Gasteiger partial charge in [0.2, 0.25) is 11.0 Å². The fourth-order valence-electron chi connectivity index (χ4n) is 3.20. The molecule has 0 aromatic carbocycles. The SMILES string of the molecule is COc1cc(CCN2CCN(c3nc(-c4ccnc(C)n4)ns3)CC2)ccn1. The third-order valence-corrected chi connectivity index (χ3v) is 5.57. The molecule has 1 fully saturated rings. The Morgan fingerprint density at radius 1 is 1.07 bits per heavy atom. The van der Waals surface area contributed by atoms with Gasteiger partial charge in [-0.1, -0.05) is 0 Å². The molecule has 0 atom stereocenters. The fraction of sp³-hybridized carbons (Fsp3) is 0.421. The molecule has 0 radical (unpaired) electrons. The van der Waals surface area contributed by atoms with Crippen LogP contribution >= 0.6 is 11.5 Å². The Balaban J connectivity index is 1.30. The van der Waals surface area contributed by atoms with Crippen molar-refractivity contribution in [3.8, 4) is 17.4 Å². The molecule has 8 nitrogen and oxygen atoms in total. The Labute approximate surface area is 168 Å². The summed E-state index contributed by atoms with van der Waals surface area (Å²) in [6.45, 7) is 6.85. The summed E-state index contributed by atoms with van der Waals surface area (Å²) in [5.74, 6) is 2.09. The summed E-state index contributed by atoms with van der Waals surface area (Å²) in [6, 6.07) is 5.91. The molecule has 0 saturated carbocycles. The first-order chi connectivity index (χ1) is 13.7. The van der Waals surface area contributed by atoms with Crippen LogP contribution in [-0.2, 0) is 6.42 Å². The number of pyridine rings is 1. The molecule has 0 spiro atoms. The number of hydrogen-bond donors (Lipinski definition) is 0. The Morgan fingerprint density at radius 2 is 1.89 bits per heavy atom. The van der Waals surface area contributed by atoms with Crippen LogP contribution in [0.5, 0.6) is 5.88 Å². The monoisotopic (exact) mass is 397 g/mol. The number of methoxy groups -OCH3 is 1. The van der Waals surface area contributed by atoms with Crippen LogP contribution < -0.4 is 9.64 Å². The molecule has 28 heavy (non-hydrogen) atoms. The van der Waals surface area contributed by atoms with Crippen molar-refractivity contribution < 1.29 is 4.74 Å². The highest BCUT2D eigenvalue weighted by atomic mass is 32.1. The van der Waals surface area contributed by atoms with Crippen molar-refractivity contribution in [1.29, 1.82) is 0 Å². The van der Waals surface area contributed by atoms with E-state index in [0.717, 1.165) is 55.8 Å². The molecule has 0 unspecified atom stereocenters. The smallest absolute Gasteiger partial charge is 0.213 e. The van der Waals surface area contributed by atoms with Crippen molar-refractivity contribution in [2.45, 2.75) is 13.3 Å². The minimum absolute atomic E-state index is 0.674. The molecule has 3 aromatic heterocycles. The lowest BCUT2D eigenvalue weighted by atomic mass is 10.2. The van der Waals surface area contributed by atoms with Gasteiger partial charge in [0, 0.05) is 62.7 Å². The molecule has 4 rings (SSSR count). The van der Waals surface area contributed by atoms with E-state index in [1.165, 1.54) is 17.1 Å². The van der Waals surface area contributed by atoms with Crippen LogP contribution in [0, 0.1) is 6.92 Å². The second-order valence-electron chi connectivity index (χ2n) is 6.67. The molecule has 3 aromatic rings. The van der Waals surface area contributed by atoms with Gasteiger partial charge in [-0.3, -0.25) is 4.90 Å². The number of aryl methyl sites for hydroxylation is 1. The minimum Gasteiger partial charge on any atom is -0.481 e. The molecule has 1 aliphatic heterocycles. The van der Waals surface area contributed by atoms with E-state index >= 15 is 0 Å². The lowest BCUT2D eigenvalue weighted by molar-refractivity contribution is 0.261. The van der Waals surface area contributed by atoms with Gasteiger partial charge >= 0.3 is 0 Å². The van der Waals surface area contributed by atoms with E-state index in [4.69, 9.17) is 4.74 Å². The number of piperazine rings is 1. The standard InChI is InChI=1S/C19H23N7OS/c1-14-20-7-4-16(22-14)18-23-19(28-24-18)26-11-9-25(10-12-26)8-5-15-3-6-21-17(13-15)27-2/h3-4,6-7,13H,5,8-12H2,1-2H3. The summed E-state index contributed by atoms with van der Waals surface area (Å²) in [7, 11) is 1.65. The zero-order valence-electron chi connectivity index (χ0n) is 16.1. The van der Waals surface area contributed by atoms with Crippen molar-refractivity contribution >= 4 is 16.7 Å². The number of hydrogen-bond acceptors (Lipinski definition) is 9.